The van der Waals surface area contributed by atoms with Crippen molar-refractivity contribution in [3.63, 3.8) is 0 Å². The first kappa shape index (κ1) is 28.3. The lowest BCUT2D eigenvalue weighted by Crippen LogP contribution is -2.49. The number of ether oxygens (including phenoxy) is 1. The van der Waals surface area contributed by atoms with Crippen LogP contribution < -0.4 is 0 Å². The Kier molecular flexibility index (Phi) is 7.94. The average molecular weight is 527 g/mol. The molecule has 0 unspecified atom stereocenters. The van der Waals surface area contributed by atoms with Crippen LogP contribution >= 0.6 is 0 Å². The summed E-state index contributed by atoms with van der Waals surface area (Å²) in [5.74, 6) is 4.53. The Labute approximate surface area is 232 Å². The van der Waals surface area contributed by atoms with Crippen LogP contribution in [0.5, 0.6) is 0 Å². The van der Waals surface area contributed by atoms with Gasteiger partial charge in [-0.15, -0.1) is 0 Å². The van der Waals surface area contributed by atoms with Crippen molar-refractivity contribution in [1.29, 1.82) is 0 Å². The molecule has 38 heavy (non-hydrogen) atoms. The number of nitrogens with zero attached hydrogens (tertiary/aromatic N) is 2. The second kappa shape index (κ2) is 10.7. The molecule has 1 heterocycles. The summed E-state index contributed by atoms with van der Waals surface area (Å²) >= 11 is 0. The molecule has 0 bridgehead atoms. The van der Waals surface area contributed by atoms with Crippen LogP contribution in [0.2, 0.25) is 0 Å². The molecule has 4 aliphatic carbocycles. The molecular formula is C33H54N2O3. The van der Waals surface area contributed by atoms with Gasteiger partial charge in [-0.3, -0.25) is 14.5 Å². The molecule has 5 heteroatoms. The number of hydrogen-bond donors (Lipinski definition) is 0. The van der Waals surface area contributed by atoms with E-state index in [4.69, 9.17) is 4.74 Å². The fraction of sp³-hybridized carbons (Fsp3) is 0.879. The van der Waals surface area contributed by atoms with Crippen LogP contribution in [0.4, 0.5) is 0 Å². The van der Waals surface area contributed by atoms with Gasteiger partial charge >= 0.3 is 0 Å². The number of rotatable bonds is 6. The third kappa shape index (κ3) is 4.82. The van der Waals surface area contributed by atoms with Crippen LogP contribution in [0, 0.1) is 40.9 Å². The Balaban J connectivity index is 1.35. The molecule has 1 aliphatic heterocycles. The molecule has 214 valence electrons. The zero-order valence-electron chi connectivity index (χ0n) is 25.4. The van der Waals surface area contributed by atoms with Crippen molar-refractivity contribution >= 4 is 11.7 Å². The number of carbonyl (C=O) groups is 2. The van der Waals surface area contributed by atoms with E-state index in [1.165, 1.54) is 25.7 Å². The van der Waals surface area contributed by atoms with E-state index in [-0.39, 0.29) is 11.5 Å². The molecule has 5 rings (SSSR count). The summed E-state index contributed by atoms with van der Waals surface area (Å²) in [6, 6.07) is 0.297. The van der Waals surface area contributed by atoms with Crippen LogP contribution in [0.25, 0.3) is 0 Å². The third-order valence-corrected chi connectivity index (χ3v) is 12.5. The topological polar surface area (TPSA) is 49.9 Å². The van der Waals surface area contributed by atoms with E-state index in [1.54, 1.807) is 16.0 Å². The molecule has 1 saturated heterocycles. The molecule has 9 atom stereocenters. The minimum atomic E-state index is -0.102. The van der Waals surface area contributed by atoms with E-state index in [0.717, 1.165) is 63.5 Å². The summed E-state index contributed by atoms with van der Waals surface area (Å²) in [7, 11) is 3.73. The van der Waals surface area contributed by atoms with Crippen molar-refractivity contribution in [2.75, 3.05) is 33.8 Å². The lowest BCUT2D eigenvalue weighted by Gasteiger charge is -2.52. The molecule has 5 aliphatic rings. The number of amides is 1. The highest BCUT2D eigenvalue weighted by atomic mass is 16.5. The molecule has 4 fully saturated rings. The van der Waals surface area contributed by atoms with Gasteiger partial charge < -0.3 is 9.64 Å². The van der Waals surface area contributed by atoms with E-state index in [2.05, 4.69) is 39.5 Å². The third-order valence-electron chi connectivity index (χ3n) is 12.5. The Morgan fingerprint density at radius 1 is 1.16 bits per heavy atom. The highest BCUT2D eigenvalue weighted by Gasteiger charge is 2.58. The van der Waals surface area contributed by atoms with Gasteiger partial charge in [-0.1, -0.05) is 45.3 Å². The van der Waals surface area contributed by atoms with Gasteiger partial charge in [-0.25, -0.2) is 0 Å². The summed E-state index contributed by atoms with van der Waals surface area (Å²) in [6.45, 7) is 14.1. The summed E-state index contributed by atoms with van der Waals surface area (Å²) in [5.41, 5.74) is 3.61. The fourth-order valence-corrected chi connectivity index (χ4v) is 9.64. The van der Waals surface area contributed by atoms with E-state index < -0.39 is 0 Å². The van der Waals surface area contributed by atoms with Crippen molar-refractivity contribution in [2.24, 2.45) is 40.9 Å². The number of likely N-dealkylation sites (N-methyl/N-ethyl adjacent to an activating group) is 1. The maximum absolute atomic E-state index is 12.8. The highest BCUT2D eigenvalue weighted by Crippen LogP contribution is 2.64. The first-order chi connectivity index (χ1) is 18.0. The molecule has 0 radical (unpaired) electrons. The van der Waals surface area contributed by atoms with E-state index in [9.17, 15) is 9.59 Å². The normalized spacial score (nSPS) is 41.6. The quantitative estimate of drug-likeness (QED) is 0.391. The molecule has 3 saturated carbocycles. The minimum absolute atomic E-state index is 0.102. The van der Waals surface area contributed by atoms with Gasteiger partial charge in [0.1, 0.15) is 5.78 Å². The number of allylic oxidation sites excluding steroid dienone is 1. The number of carbonyl (C=O) groups excluding carboxylic acids is 2. The molecule has 1 amide bonds. The number of hydrogen-bond acceptors (Lipinski definition) is 4. The second-order valence-electron chi connectivity index (χ2n) is 14.6. The summed E-state index contributed by atoms with van der Waals surface area (Å²) < 4.78 is 6.88. The van der Waals surface area contributed by atoms with Gasteiger partial charge in [0.15, 0.2) is 0 Å². The monoisotopic (exact) mass is 526 g/mol. The minimum Gasteiger partial charge on any atom is -0.373 e. The second-order valence-corrected chi connectivity index (χ2v) is 14.6. The molecule has 1 spiro atoms. The van der Waals surface area contributed by atoms with Crippen LogP contribution in [-0.2, 0) is 14.3 Å². The zero-order chi connectivity index (χ0) is 27.4. The maximum atomic E-state index is 12.8. The van der Waals surface area contributed by atoms with E-state index in [1.807, 2.05) is 14.1 Å². The lowest BCUT2D eigenvalue weighted by atomic mass is 9.52. The number of fused-ring (bicyclic) bond motifs is 5. The van der Waals surface area contributed by atoms with Crippen LogP contribution in [0.3, 0.4) is 0 Å². The first-order valence-corrected chi connectivity index (χ1v) is 15.8. The van der Waals surface area contributed by atoms with Gasteiger partial charge in [-0.05, 0) is 86.9 Å². The Bertz CT molecular complexity index is 958. The Morgan fingerprint density at radius 3 is 2.63 bits per heavy atom. The van der Waals surface area contributed by atoms with Gasteiger partial charge in [0.2, 0.25) is 5.91 Å². The molecule has 5 nitrogen and oxygen atoms in total. The molecular weight excluding hydrogens is 472 g/mol. The van der Waals surface area contributed by atoms with Crippen molar-refractivity contribution in [1.82, 2.24) is 9.80 Å². The van der Waals surface area contributed by atoms with Crippen molar-refractivity contribution in [2.45, 2.75) is 110 Å². The fourth-order valence-electron chi connectivity index (χ4n) is 9.64. The van der Waals surface area contributed by atoms with E-state index in [0.29, 0.717) is 47.5 Å². The lowest BCUT2D eigenvalue weighted by molar-refractivity contribution is -0.131. The summed E-state index contributed by atoms with van der Waals surface area (Å²) in [6.07, 6.45) is 11.1. The smallest absolute Gasteiger partial charge is 0.236 e. The molecule has 0 aromatic heterocycles. The van der Waals surface area contributed by atoms with Crippen molar-refractivity contribution in [3.8, 4) is 0 Å². The van der Waals surface area contributed by atoms with Crippen LogP contribution in [0.1, 0.15) is 98.8 Å². The van der Waals surface area contributed by atoms with Gasteiger partial charge in [-0.2, -0.15) is 0 Å². The van der Waals surface area contributed by atoms with Crippen molar-refractivity contribution < 1.29 is 14.3 Å². The Morgan fingerprint density at radius 2 is 1.92 bits per heavy atom. The molecule has 0 aromatic rings. The summed E-state index contributed by atoms with van der Waals surface area (Å²) in [5, 5.41) is 0. The first-order valence-electron chi connectivity index (χ1n) is 15.8. The molecule has 0 aromatic carbocycles. The Hall–Kier alpha value is -1.20. The van der Waals surface area contributed by atoms with Gasteiger partial charge in [0.25, 0.3) is 0 Å². The maximum Gasteiger partial charge on any atom is 0.236 e. The number of Topliss-reactive ketones (excluding diaryl/α,β-unsaturated/α-hetero) is 1. The predicted octanol–water partition coefficient (Wildman–Crippen LogP) is 6.12. The SMILES string of the molecule is CC[C@H](C)CN(CC(=O)N(C)C)[C@@H]1CO[C@]2(CC[C@@H]3C(=C(C)C2)C[C@H]2[C@H]3CC[C@@H]3CC(=O)CC[C@@]32C)[C@@H]1C. The van der Waals surface area contributed by atoms with Gasteiger partial charge in [0.05, 0.1) is 18.8 Å². The van der Waals surface area contributed by atoms with Crippen LogP contribution in [-0.4, -0.2) is 66.9 Å². The van der Waals surface area contributed by atoms with Gasteiger partial charge in [0, 0.05) is 45.4 Å². The van der Waals surface area contributed by atoms with Crippen LogP contribution in [0.15, 0.2) is 11.1 Å². The standard InChI is InChI=1S/C33H54N2O3/c1-8-21(2)18-35(19-31(37)34(6)7)30-20-38-33(23(30)4)14-12-26-27-10-9-24-15-25(36)11-13-32(24,5)29(27)16-28(26)22(3)17-33/h21,23-24,26-27,29-30H,8-20H2,1-7H3/t21-,23+,24+,26-,27-,29-,30+,32-,33-/m0/s1. The average Bonchev–Trinajstić information content (AvgIpc) is 3.36. The molecule has 0 N–H and O–H groups in total. The van der Waals surface area contributed by atoms with E-state index >= 15 is 0 Å². The largest absolute Gasteiger partial charge is 0.373 e. The van der Waals surface area contributed by atoms with Crippen molar-refractivity contribution in [3.05, 3.63) is 11.1 Å². The highest BCUT2D eigenvalue weighted by molar-refractivity contribution is 5.79. The number of ketones is 1. The zero-order valence-corrected chi connectivity index (χ0v) is 25.4. The summed E-state index contributed by atoms with van der Waals surface area (Å²) in [4.78, 5) is 29.2. The predicted molar refractivity (Wildman–Crippen MR) is 153 cm³/mol.